The number of carbonyl (C=O) groups excluding carboxylic acids is 2. The number of benzene rings is 1. The van der Waals surface area contributed by atoms with Crippen LogP contribution in [0.5, 0.6) is 0 Å². The van der Waals surface area contributed by atoms with Gasteiger partial charge in [-0.3, -0.25) is 9.78 Å². The van der Waals surface area contributed by atoms with E-state index in [0.29, 0.717) is 19.5 Å². The minimum Gasteiger partial charge on any atom is -0.350 e. The van der Waals surface area contributed by atoms with Crippen LogP contribution in [-0.2, 0) is 17.8 Å². The van der Waals surface area contributed by atoms with E-state index >= 15 is 0 Å². The van der Waals surface area contributed by atoms with Gasteiger partial charge in [-0.15, -0.1) is 0 Å². The van der Waals surface area contributed by atoms with Crippen LogP contribution >= 0.6 is 0 Å². The predicted octanol–water partition coefficient (Wildman–Crippen LogP) is 1.63. The zero-order valence-corrected chi connectivity index (χ0v) is 13.7. The third kappa shape index (κ3) is 6.08. The first-order chi connectivity index (χ1) is 11.6. The van der Waals surface area contributed by atoms with Crippen molar-refractivity contribution in [3.8, 4) is 0 Å². The second-order valence-corrected chi connectivity index (χ2v) is 5.44. The van der Waals surface area contributed by atoms with E-state index in [1.165, 1.54) is 0 Å². The largest absolute Gasteiger partial charge is 0.350 e. The molecule has 0 fully saturated rings. The van der Waals surface area contributed by atoms with Crippen LogP contribution in [0.25, 0.3) is 0 Å². The molecule has 2 aromatic rings. The van der Waals surface area contributed by atoms with Gasteiger partial charge in [0.1, 0.15) is 6.04 Å². The van der Waals surface area contributed by atoms with E-state index in [2.05, 4.69) is 20.9 Å². The molecule has 1 aromatic carbocycles. The summed E-state index contributed by atoms with van der Waals surface area (Å²) in [5.74, 6) is -0.221. The lowest BCUT2D eigenvalue weighted by Gasteiger charge is -2.15. The van der Waals surface area contributed by atoms with Crippen molar-refractivity contribution in [2.45, 2.75) is 25.9 Å². The number of hydrogen-bond donors (Lipinski definition) is 3. The number of pyridine rings is 1. The fourth-order valence-corrected chi connectivity index (χ4v) is 2.12. The maximum atomic E-state index is 12.0. The lowest BCUT2D eigenvalue weighted by molar-refractivity contribution is -0.122. The molecule has 0 spiro atoms. The van der Waals surface area contributed by atoms with Crippen LogP contribution in [0, 0.1) is 0 Å². The molecule has 0 saturated heterocycles. The van der Waals surface area contributed by atoms with Crippen molar-refractivity contribution in [2.24, 2.45) is 0 Å². The Morgan fingerprint density at radius 1 is 1.04 bits per heavy atom. The summed E-state index contributed by atoms with van der Waals surface area (Å²) < 4.78 is 0. The van der Waals surface area contributed by atoms with Gasteiger partial charge in [0.2, 0.25) is 5.91 Å². The molecular weight excluding hydrogens is 304 g/mol. The number of urea groups is 1. The van der Waals surface area contributed by atoms with E-state index in [0.717, 1.165) is 11.1 Å². The highest BCUT2D eigenvalue weighted by Gasteiger charge is 2.14. The quantitative estimate of drug-likeness (QED) is 0.723. The van der Waals surface area contributed by atoms with E-state index in [4.69, 9.17) is 0 Å². The molecule has 0 aliphatic rings. The second kappa shape index (κ2) is 9.29. The molecule has 0 bridgehead atoms. The maximum absolute atomic E-state index is 12.0. The number of hydrogen-bond acceptors (Lipinski definition) is 3. The fourth-order valence-electron chi connectivity index (χ4n) is 2.12. The fraction of sp³-hybridized carbons (Fsp3) is 0.278. The van der Waals surface area contributed by atoms with Crippen molar-refractivity contribution in [1.82, 2.24) is 20.9 Å². The van der Waals surface area contributed by atoms with E-state index in [1.54, 1.807) is 19.3 Å². The summed E-state index contributed by atoms with van der Waals surface area (Å²) in [6.45, 7) is 2.57. The average molecular weight is 326 g/mol. The molecule has 126 valence electrons. The third-order valence-electron chi connectivity index (χ3n) is 3.47. The minimum absolute atomic E-state index is 0.221. The van der Waals surface area contributed by atoms with Crippen LogP contribution in [0.3, 0.4) is 0 Å². The first kappa shape index (κ1) is 17.5. The molecule has 1 heterocycles. The standard InChI is InChI=1S/C18H22N4O2/c1-14(17(23)21-13-15-6-3-2-4-7-15)22-18(24)20-11-9-16-8-5-10-19-12-16/h2-8,10,12,14H,9,11,13H2,1H3,(H,21,23)(H2,20,22,24). The number of nitrogens with zero attached hydrogens (tertiary/aromatic N) is 1. The van der Waals surface area contributed by atoms with E-state index in [-0.39, 0.29) is 11.9 Å². The van der Waals surface area contributed by atoms with Gasteiger partial charge in [0.05, 0.1) is 0 Å². The smallest absolute Gasteiger partial charge is 0.315 e. The molecular formula is C18H22N4O2. The molecule has 0 aliphatic heterocycles. The Morgan fingerprint density at radius 3 is 2.50 bits per heavy atom. The highest BCUT2D eigenvalue weighted by Crippen LogP contribution is 1.98. The number of amides is 3. The molecule has 6 heteroatoms. The van der Waals surface area contributed by atoms with Gasteiger partial charge in [0.15, 0.2) is 0 Å². The summed E-state index contributed by atoms with van der Waals surface area (Å²) in [5, 5.41) is 8.15. The Morgan fingerprint density at radius 2 is 1.79 bits per heavy atom. The van der Waals surface area contributed by atoms with Gasteiger partial charge < -0.3 is 16.0 Å². The van der Waals surface area contributed by atoms with Crippen LogP contribution in [-0.4, -0.2) is 29.5 Å². The summed E-state index contributed by atoms with van der Waals surface area (Å²) in [6, 6.07) is 12.5. The lowest BCUT2D eigenvalue weighted by Crippen LogP contribution is -2.48. The SMILES string of the molecule is CC(NC(=O)NCCc1cccnc1)C(=O)NCc1ccccc1. The van der Waals surface area contributed by atoms with Gasteiger partial charge in [-0.25, -0.2) is 4.79 Å². The molecule has 1 aromatic heterocycles. The van der Waals surface area contributed by atoms with Crippen LogP contribution < -0.4 is 16.0 Å². The van der Waals surface area contributed by atoms with E-state index in [1.807, 2.05) is 42.5 Å². The normalized spacial score (nSPS) is 11.4. The first-order valence-electron chi connectivity index (χ1n) is 7.90. The number of carbonyl (C=O) groups is 2. The summed E-state index contributed by atoms with van der Waals surface area (Å²) in [6.07, 6.45) is 4.16. The number of rotatable bonds is 7. The molecule has 1 atom stereocenters. The zero-order chi connectivity index (χ0) is 17.2. The first-order valence-corrected chi connectivity index (χ1v) is 7.90. The monoisotopic (exact) mass is 326 g/mol. The molecule has 3 amide bonds. The molecule has 2 rings (SSSR count). The van der Waals surface area contributed by atoms with Crippen LogP contribution in [0.15, 0.2) is 54.9 Å². The van der Waals surface area contributed by atoms with Gasteiger partial charge >= 0.3 is 6.03 Å². The van der Waals surface area contributed by atoms with Crippen molar-refractivity contribution in [3.63, 3.8) is 0 Å². The molecule has 24 heavy (non-hydrogen) atoms. The molecule has 0 saturated carbocycles. The Labute approximate surface area is 141 Å². The molecule has 3 N–H and O–H groups in total. The van der Waals surface area contributed by atoms with Gasteiger partial charge in [0, 0.05) is 25.5 Å². The summed E-state index contributed by atoms with van der Waals surface area (Å²) in [5.41, 5.74) is 2.06. The van der Waals surface area contributed by atoms with Gasteiger partial charge in [-0.2, -0.15) is 0 Å². The molecule has 0 radical (unpaired) electrons. The van der Waals surface area contributed by atoms with Gasteiger partial charge in [-0.05, 0) is 30.5 Å². The minimum atomic E-state index is -0.605. The highest BCUT2D eigenvalue weighted by atomic mass is 16.2. The predicted molar refractivity (Wildman–Crippen MR) is 92.2 cm³/mol. The number of nitrogens with one attached hydrogen (secondary N) is 3. The highest BCUT2D eigenvalue weighted by molar-refractivity contribution is 5.86. The van der Waals surface area contributed by atoms with E-state index < -0.39 is 6.04 Å². The molecule has 6 nitrogen and oxygen atoms in total. The van der Waals surface area contributed by atoms with E-state index in [9.17, 15) is 9.59 Å². The summed E-state index contributed by atoms with van der Waals surface area (Å²) in [7, 11) is 0. The van der Waals surface area contributed by atoms with Gasteiger partial charge in [0.25, 0.3) is 0 Å². The Kier molecular flexibility index (Phi) is 6.76. The van der Waals surface area contributed by atoms with Crippen molar-refractivity contribution in [1.29, 1.82) is 0 Å². The van der Waals surface area contributed by atoms with Gasteiger partial charge in [-0.1, -0.05) is 36.4 Å². The average Bonchev–Trinajstić information content (AvgIpc) is 2.61. The molecule has 0 aliphatic carbocycles. The van der Waals surface area contributed by atoms with Crippen molar-refractivity contribution in [2.75, 3.05) is 6.54 Å². The van der Waals surface area contributed by atoms with Crippen LogP contribution in [0.1, 0.15) is 18.1 Å². The second-order valence-electron chi connectivity index (χ2n) is 5.44. The Hall–Kier alpha value is -2.89. The van der Waals surface area contributed by atoms with Crippen molar-refractivity contribution < 1.29 is 9.59 Å². The summed E-state index contributed by atoms with van der Waals surface area (Å²) >= 11 is 0. The zero-order valence-electron chi connectivity index (χ0n) is 13.7. The third-order valence-corrected chi connectivity index (χ3v) is 3.47. The molecule has 1 unspecified atom stereocenters. The lowest BCUT2D eigenvalue weighted by atomic mass is 10.2. The summed E-state index contributed by atoms with van der Waals surface area (Å²) in [4.78, 5) is 27.8. The van der Waals surface area contributed by atoms with Crippen molar-refractivity contribution >= 4 is 11.9 Å². The van der Waals surface area contributed by atoms with Crippen LogP contribution in [0.4, 0.5) is 4.79 Å². The van der Waals surface area contributed by atoms with Crippen molar-refractivity contribution in [3.05, 3.63) is 66.0 Å². The Bertz CT molecular complexity index is 647. The topological polar surface area (TPSA) is 83.1 Å². The maximum Gasteiger partial charge on any atom is 0.315 e. The Balaban J connectivity index is 1.66. The van der Waals surface area contributed by atoms with Crippen LogP contribution in [0.2, 0.25) is 0 Å². The number of aromatic nitrogens is 1.